The van der Waals surface area contributed by atoms with Gasteiger partial charge in [0.25, 0.3) is 5.89 Å². The van der Waals surface area contributed by atoms with Crippen LogP contribution in [0.25, 0.3) is 22.5 Å². The molecule has 114 valence electrons. The monoisotopic (exact) mass is 298 g/mol. The van der Waals surface area contributed by atoms with Crippen molar-refractivity contribution in [1.82, 2.24) is 15.2 Å². The van der Waals surface area contributed by atoms with Crippen LogP contribution in [0.5, 0.6) is 0 Å². The van der Waals surface area contributed by atoms with Gasteiger partial charge in [0, 0.05) is 16.8 Å². The van der Waals surface area contributed by atoms with Crippen molar-refractivity contribution in [2.75, 3.05) is 17.2 Å². The van der Waals surface area contributed by atoms with Gasteiger partial charge in [-0.05, 0) is 29.2 Å². The molecule has 0 aliphatic heterocycles. The van der Waals surface area contributed by atoms with E-state index < -0.39 is 0 Å². The molecule has 7 heteroatoms. The van der Waals surface area contributed by atoms with E-state index >= 15 is 0 Å². The third kappa shape index (κ3) is 2.30. The maximum Gasteiger partial charge on any atom is 0.313 e. The van der Waals surface area contributed by atoms with Gasteiger partial charge in [-0.2, -0.15) is 0 Å². The Morgan fingerprint density at radius 2 is 1.73 bits per heavy atom. The molecule has 0 fully saturated rings. The predicted octanol–water partition coefficient (Wildman–Crippen LogP) is 2.33. The lowest BCUT2D eigenvalue weighted by Gasteiger charge is -2.22. The molecule has 3 rings (SSSR count). The standard InChI is InChI=1S/C15H18N6O/c1-15(2,3)9-5-7(16)4-8-10(17)6-11(19-12(8)9)13-20-21-14(18)22-13/h4-6H,16H2,1-3H3,(H2,17,19)(H2,18,21). The Hall–Kier alpha value is -2.83. The van der Waals surface area contributed by atoms with Crippen molar-refractivity contribution in [3.05, 3.63) is 23.8 Å². The fourth-order valence-corrected chi connectivity index (χ4v) is 2.39. The number of aromatic nitrogens is 3. The van der Waals surface area contributed by atoms with E-state index in [1.165, 1.54) is 0 Å². The summed E-state index contributed by atoms with van der Waals surface area (Å²) in [6.07, 6.45) is 0. The second kappa shape index (κ2) is 4.59. The second-order valence-electron chi connectivity index (χ2n) is 6.26. The van der Waals surface area contributed by atoms with Crippen LogP contribution in [0.1, 0.15) is 26.3 Å². The Balaban J connectivity index is 2.35. The number of nitrogen functional groups attached to an aromatic ring is 3. The van der Waals surface area contributed by atoms with Gasteiger partial charge in [0.05, 0.1) is 5.52 Å². The maximum atomic E-state index is 6.17. The second-order valence-corrected chi connectivity index (χ2v) is 6.26. The maximum absolute atomic E-state index is 6.17. The van der Waals surface area contributed by atoms with Crippen molar-refractivity contribution >= 4 is 28.3 Å². The molecule has 2 heterocycles. The van der Waals surface area contributed by atoms with Crippen molar-refractivity contribution in [1.29, 1.82) is 0 Å². The van der Waals surface area contributed by atoms with Gasteiger partial charge in [0.1, 0.15) is 5.69 Å². The summed E-state index contributed by atoms with van der Waals surface area (Å²) >= 11 is 0. The highest BCUT2D eigenvalue weighted by Gasteiger charge is 2.21. The van der Waals surface area contributed by atoms with Crippen LogP contribution in [0, 0.1) is 0 Å². The largest absolute Gasteiger partial charge is 0.402 e. The average molecular weight is 298 g/mol. The van der Waals surface area contributed by atoms with E-state index in [4.69, 9.17) is 21.6 Å². The Kier molecular flexibility index (Phi) is 2.94. The van der Waals surface area contributed by atoms with Crippen LogP contribution in [0.3, 0.4) is 0 Å². The van der Waals surface area contributed by atoms with Gasteiger partial charge >= 0.3 is 6.01 Å². The minimum Gasteiger partial charge on any atom is -0.402 e. The van der Waals surface area contributed by atoms with E-state index in [2.05, 4.69) is 36.0 Å². The van der Waals surface area contributed by atoms with Crippen molar-refractivity contribution < 1.29 is 4.42 Å². The summed E-state index contributed by atoms with van der Waals surface area (Å²) < 4.78 is 5.24. The number of hydrogen-bond acceptors (Lipinski definition) is 7. The van der Waals surface area contributed by atoms with Crippen LogP contribution in [0.2, 0.25) is 0 Å². The number of nitrogens with two attached hydrogens (primary N) is 3. The number of benzene rings is 1. The van der Waals surface area contributed by atoms with Crippen molar-refractivity contribution in [2.24, 2.45) is 0 Å². The van der Waals surface area contributed by atoms with E-state index in [1.54, 1.807) is 6.07 Å². The Morgan fingerprint density at radius 3 is 2.32 bits per heavy atom. The number of rotatable bonds is 1. The molecule has 0 radical (unpaired) electrons. The summed E-state index contributed by atoms with van der Waals surface area (Å²) in [7, 11) is 0. The van der Waals surface area contributed by atoms with Crippen molar-refractivity contribution in [3.8, 4) is 11.6 Å². The minimum absolute atomic E-state index is 0.0104. The Bertz CT molecular complexity index is 862. The lowest BCUT2D eigenvalue weighted by Crippen LogP contribution is -2.13. The molecule has 0 unspecified atom stereocenters. The van der Waals surface area contributed by atoms with E-state index in [1.807, 2.05) is 12.1 Å². The zero-order chi connectivity index (χ0) is 16.1. The fraction of sp³-hybridized carbons (Fsp3) is 0.267. The molecule has 3 aromatic rings. The highest BCUT2D eigenvalue weighted by molar-refractivity contribution is 5.96. The molecule has 0 spiro atoms. The molecule has 0 saturated carbocycles. The van der Waals surface area contributed by atoms with Crippen LogP contribution in [-0.4, -0.2) is 15.2 Å². The first-order valence-electron chi connectivity index (χ1n) is 6.85. The quantitative estimate of drug-likeness (QED) is 0.588. The zero-order valence-corrected chi connectivity index (χ0v) is 12.7. The van der Waals surface area contributed by atoms with Gasteiger partial charge in [-0.3, -0.25) is 0 Å². The van der Waals surface area contributed by atoms with Gasteiger partial charge in [-0.1, -0.05) is 25.9 Å². The summed E-state index contributed by atoms with van der Waals surface area (Å²) in [6, 6.07) is 5.41. The Morgan fingerprint density at radius 1 is 1.00 bits per heavy atom. The molecule has 22 heavy (non-hydrogen) atoms. The molecule has 7 nitrogen and oxygen atoms in total. The van der Waals surface area contributed by atoms with Gasteiger partial charge in [0.2, 0.25) is 0 Å². The third-order valence-corrected chi connectivity index (χ3v) is 3.44. The highest BCUT2D eigenvalue weighted by atomic mass is 16.4. The third-order valence-electron chi connectivity index (χ3n) is 3.44. The van der Waals surface area contributed by atoms with Crippen LogP contribution in [0.4, 0.5) is 17.4 Å². The van der Waals surface area contributed by atoms with E-state index in [0.717, 1.165) is 16.5 Å². The molecule has 0 aliphatic rings. The highest BCUT2D eigenvalue weighted by Crippen LogP contribution is 2.35. The molecule has 6 N–H and O–H groups in total. The fourth-order valence-electron chi connectivity index (χ4n) is 2.39. The lowest BCUT2D eigenvalue weighted by atomic mass is 9.85. The average Bonchev–Trinajstić information content (AvgIpc) is 2.84. The topological polar surface area (TPSA) is 130 Å². The molecule has 0 saturated heterocycles. The van der Waals surface area contributed by atoms with Crippen LogP contribution in [0.15, 0.2) is 22.6 Å². The SMILES string of the molecule is CC(C)(C)c1cc(N)cc2c(N)cc(-c3nnc(N)o3)nc12. The molecule has 2 aromatic heterocycles. The summed E-state index contributed by atoms with van der Waals surface area (Å²) in [5.74, 6) is 0.239. The number of nitrogens with zero attached hydrogens (tertiary/aromatic N) is 3. The van der Waals surface area contributed by atoms with Gasteiger partial charge < -0.3 is 21.6 Å². The number of hydrogen-bond donors (Lipinski definition) is 3. The molecular formula is C15H18N6O. The Labute approximate surface area is 127 Å². The summed E-state index contributed by atoms with van der Waals surface area (Å²) in [6.45, 7) is 6.28. The summed E-state index contributed by atoms with van der Waals surface area (Å²) in [5.41, 5.74) is 21.0. The zero-order valence-electron chi connectivity index (χ0n) is 12.7. The van der Waals surface area contributed by atoms with E-state index in [0.29, 0.717) is 17.1 Å². The first-order valence-corrected chi connectivity index (χ1v) is 6.85. The predicted molar refractivity (Wildman–Crippen MR) is 87.0 cm³/mol. The van der Waals surface area contributed by atoms with Crippen molar-refractivity contribution in [2.45, 2.75) is 26.2 Å². The first kappa shape index (κ1) is 14.1. The number of fused-ring (bicyclic) bond motifs is 1. The van der Waals surface area contributed by atoms with Crippen molar-refractivity contribution in [3.63, 3.8) is 0 Å². The lowest BCUT2D eigenvalue weighted by molar-refractivity contribution is 0.586. The molecule has 0 amide bonds. The minimum atomic E-state index is -0.139. The molecule has 0 atom stereocenters. The van der Waals surface area contributed by atoms with Crippen LogP contribution < -0.4 is 17.2 Å². The van der Waals surface area contributed by atoms with Crippen LogP contribution in [-0.2, 0) is 5.41 Å². The molecule has 0 bridgehead atoms. The summed E-state index contributed by atoms with van der Waals surface area (Å²) in [4.78, 5) is 4.64. The summed E-state index contributed by atoms with van der Waals surface area (Å²) in [5, 5.41) is 8.31. The van der Waals surface area contributed by atoms with Gasteiger partial charge in [-0.25, -0.2) is 4.98 Å². The first-order chi connectivity index (χ1) is 10.3. The molecular weight excluding hydrogens is 280 g/mol. The number of pyridine rings is 1. The van der Waals surface area contributed by atoms with Gasteiger partial charge in [0.15, 0.2) is 0 Å². The van der Waals surface area contributed by atoms with Gasteiger partial charge in [-0.15, -0.1) is 5.10 Å². The number of anilines is 3. The van der Waals surface area contributed by atoms with Crippen LogP contribution >= 0.6 is 0 Å². The van der Waals surface area contributed by atoms with E-state index in [-0.39, 0.29) is 17.3 Å². The normalized spacial score (nSPS) is 12.0. The smallest absolute Gasteiger partial charge is 0.313 e. The van der Waals surface area contributed by atoms with E-state index in [9.17, 15) is 0 Å². The molecule has 1 aromatic carbocycles. The molecule has 0 aliphatic carbocycles.